The summed E-state index contributed by atoms with van der Waals surface area (Å²) >= 11 is 1.40. The lowest BCUT2D eigenvalue weighted by Crippen LogP contribution is -2.07. The number of hydrogen-bond donors (Lipinski definition) is 1. The van der Waals surface area contributed by atoms with Crippen molar-refractivity contribution in [2.75, 3.05) is 18.5 Å². The molecule has 0 aliphatic carbocycles. The first-order valence-corrected chi connectivity index (χ1v) is 11.5. The maximum absolute atomic E-state index is 12.3. The van der Waals surface area contributed by atoms with Gasteiger partial charge in [0.1, 0.15) is 11.5 Å². The number of nitrogens with one attached hydrogen (secondary N) is 1. The zero-order valence-corrected chi connectivity index (χ0v) is 18.8. The van der Waals surface area contributed by atoms with Gasteiger partial charge in [-0.3, -0.25) is 10.1 Å². The normalized spacial score (nSPS) is 10.9. The number of hydrogen-bond acceptors (Lipinski definition) is 5. The van der Waals surface area contributed by atoms with Gasteiger partial charge >= 0.3 is 0 Å². The Morgan fingerprint density at radius 1 is 1.03 bits per heavy atom. The lowest BCUT2D eigenvalue weighted by Gasteiger charge is -2.07. The third kappa shape index (κ3) is 6.96. The number of anilines is 1. The molecule has 6 heteroatoms. The second kappa shape index (κ2) is 11.9. The van der Waals surface area contributed by atoms with E-state index in [0.29, 0.717) is 11.7 Å². The van der Waals surface area contributed by atoms with Crippen LogP contribution in [-0.2, 0) is 4.79 Å². The molecule has 1 heterocycles. The summed E-state index contributed by atoms with van der Waals surface area (Å²) in [6.45, 7) is 5.57. The molecule has 0 unspecified atom stereocenters. The lowest BCUT2D eigenvalue weighted by molar-refractivity contribution is -0.111. The van der Waals surface area contributed by atoms with Gasteiger partial charge in [-0.15, -0.1) is 11.3 Å². The van der Waals surface area contributed by atoms with Crippen molar-refractivity contribution in [3.8, 4) is 22.8 Å². The maximum atomic E-state index is 12.3. The molecule has 0 saturated heterocycles. The van der Waals surface area contributed by atoms with Gasteiger partial charge in [0.15, 0.2) is 5.13 Å². The molecule has 1 amide bonds. The fraction of sp³-hybridized carbons (Fsp3) is 0.280. The molecular formula is C25H28N2O3S. The molecule has 0 bridgehead atoms. The number of aromatic nitrogens is 1. The van der Waals surface area contributed by atoms with Crippen molar-refractivity contribution < 1.29 is 14.3 Å². The van der Waals surface area contributed by atoms with Crippen LogP contribution in [0.2, 0.25) is 0 Å². The van der Waals surface area contributed by atoms with Crippen molar-refractivity contribution in [2.24, 2.45) is 0 Å². The van der Waals surface area contributed by atoms with Crippen LogP contribution in [0.3, 0.4) is 0 Å². The number of thiazole rings is 1. The summed E-state index contributed by atoms with van der Waals surface area (Å²) in [4.78, 5) is 16.9. The molecule has 3 aromatic rings. The van der Waals surface area contributed by atoms with Crippen LogP contribution >= 0.6 is 11.3 Å². The zero-order chi connectivity index (χ0) is 21.9. The van der Waals surface area contributed by atoms with Gasteiger partial charge in [0.25, 0.3) is 0 Å². The van der Waals surface area contributed by atoms with Crippen LogP contribution < -0.4 is 14.8 Å². The van der Waals surface area contributed by atoms with E-state index in [1.807, 2.05) is 53.9 Å². The van der Waals surface area contributed by atoms with Gasteiger partial charge in [0, 0.05) is 22.6 Å². The van der Waals surface area contributed by atoms with Gasteiger partial charge in [-0.2, -0.15) is 0 Å². The highest BCUT2D eigenvalue weighted by Crippen LogP contribution is 2.27. The molecule has 1 aromatic heterocycles. The third-order valence-electron chi connectivity index (χ3n) is 4.45. The molecule has 3 rings (SSSR count). The highest BCUT2D eigenvalue weighted by Gasteiger charge is 2.07. The van der Waals surface area contributed by atoms with Crippen molar-refractivity contribution in [1.29, 1.82) is 0 Å². The number of carbonyl (C=O) groups is 1. The number of ether oxygens (including phenoxy) is 2. The second-order valence-electron chi connectivity index (χ2n) is 6.97. The highest BCUT2D eigenvalue weighted by atomic mass is 32.1. The smallest absolute Gasteiger partial charge is 0.250 e. The van der Waals surface area contributed by atoms with E-state index in [9.17, 15) is 4.79 Å². The number of rotatable bonds is 11. The fourth-order valence-corrected chi connectivity index (χ4v) is 3.52. The predicted molar refractivity (Wildman–Crippen MR) is 128 cm³/mol. The fourth-order valence-electron chi connectivity index (χ4n) is 2.79. The average molecular weight is 437 g/mol. The standard InChI is InChI=1S/C25H28N2O3S/c1-3-5-17-29-21-13-10-19(11-14-21)22-18-31-25(26-22)27-24(28)15-12-20-8-6-7-9-23(20)30-16-4-2/h6-15,18H,3-5,16-17H2,1-2H3,(H,26,27,28)/b15-12+. The number of nitrogens with zero attached hydrogens (tertiary/aromatic N) is 1. The van der Waals surface area contributed by atoms with Crippen LogP contribution in [0.15, 0.2) is 60.0 Å². The van der Waals surface area contributed by atoms with E-state index in [1.165, 1.54) is 17.4 Å². The van der Waals surface area contributed by atoms with Crippen molar-refractivity contribution in [3.05, 3.63) is 65.6 Å². The van der Waals surface area contributed by atoms with E-state index >= 15 is 0 Å². The van der Waals surface area contributed by atoms with Crippen molar-refractivity contribution in [2.45, 2.75) is 33.1 Å². The molecule has 31 heavy (non-hydrogen) atoms. The first-order valence-electron chi connectivity index (χ1n) is 10.6. The van der Waals surface area contributed by atoms with E-state index in [2.05, 4.69) is 24.1 Å². The number of benzene rings is 2. The van der Waals surface area contributed by atoms with Crippen molar-refractivity contribution >= 4 is 28.5 Å². The van der Waals surface area contributed by atoms with Crippen LogP contribution in [0, 0.1) is 0 Å². The average Bonchev–Trinajstić information content (AvgIpc) is 3.26. The Morgan fingerprint density at radius 2 is 1.84 bits per heavy atom. The molecule has 0 spiro atoms. The Kier molecular flexibility index (Phi) is 8.67. The minimum absolute atomic E-state index is 0.231. The predicted octanol–water partition coefficient (Wildman–Crippen LogP) is 6.43. The van der Waals surface area contributed by atoms with E-state index in [-0.39, 0.29) is 5.91 Å². The minimum Gasteiger partial charge on any atom is -0.494 e. The molecule has 162 valence electrons. The molecule has 0 aliphatic heterocycles. The molecule has 5 nitrogen and oxygen atoms in total. The summed E-state index contributed by atoms with van der Waals surface area (Å²) in [6.07, 6.45) is 6.34. The zero-order valence-electron chi connectivity index (χ0n) is 18.0. The molecule has 0 fully saturated rings. The Bertz CT molecular complexity index is 996. The van der Waals surface area contributed by atoms with Gasteiger partial charge in [-0.1, -0.05) is 38.5 Å². The van der Waals surface area contributed by atoms with Crippen LogP contribution in [0.25, 0.3) is 17.3 Å². The van der Waals surface area contributed by atoms with Gasteiger partial charge in [0.05, 0.1) is 18.9 Å². The van der Waals surface area contributed by atoms with Gasteiger partial charge in [-0.05, 0) is 49.2 Å². The maximum Gasteiger partial charge on any atom is 0.250 e. The van der Waals surface area contributed by atoms with Gasteiger partial charge < -0.3 is 9.47 Å². The quantitative estimate of drug-likeness (QED) is 0.278. The van der Waals surface area contributed by atoms with Crippen molar-refractivity contribution in [3.63, 3.8) is 0 Å². The Labute approximate surface area is 187 Å². The van der Waals surface area contributed by atoms with E-state index < -0.39 is 0 Å². The van der Waals surface area contributed by atoms with E-state index in [0.717, 1.165) is 54.2 Å². The first kappa shape index (κ1) is 22.6. The van der Waals surface area contributed by atoms with E-state index in [1.54, 1.807) is 6.08 Å². The number of unbranched alkanes of at least 4 members (excludes halogenated alkanes) is 1. The summed E-state index contributed by atoms with van der Waals surface area (Å²) in [7, 11) is 0. The van der Waals surface area contributed by atoms with Crippen LogP contribution in [-0.4, -0.2) is 24.1 Å². The molecule has 0 radical (unpaired) electrons. The van der Waals surface area contributed by atoms with Crippen molar-refractivity contribution in [1.82, 2.24) is 4.98 Å². The molecule has 0 saturated carbocycles. The molecule has 1 N–H and O–H groups in total. The SMILES string of the molecule is CCCCOc1ccc(-c2csc(NC(=O)/C=C/c3ccccc3OCCC)n2)cc1. The van der Waals surface area contributed by atoms with Gasteiger partial charge in [-0.25, -0.2) is 4.98 Å². The molecular weight excluding hydrogens is 408 g/mol. The number of carbonyl (C=O) groups excluding carboxylic acids is 1. The summed E-state index contributed by atoms with van der Waals surface area (Å²) in [5.41, 5.74) is 2.67. The topological polar surface area (TPSA) is 60.5 Å². The summed E-state index contributed by atoms with van der Waals surface area (Å²) in [6, 6.07) is 15.5. The first-order chi connectivity index (χ1) is 15.2. The largest absolute Gasteiger partial charge is 0.494 e. The van der Waals surface area contributed by atoms with Crippen LogP contribution in [0.1, 0.15) is 38.7 Å². The third-order valence-corrected chi connectivity index (χ3v) is 5.20. The summed E-state index contributed by atoms with van der Waals surface area (Å²) < 4.78 is 11.4. The van der Waals surface area contributed by atoms with Crippen LogP contribution in [0.5, 0.6) is 11.5 Å². The molecule has 0 aliphatic rings. The molecule has 2 aromatic carbocycles. The van der Waals surface area contributed by atoms with Gasteiger partial charge in [0.2, 0.25) is 5.91 Å². The summed E-state index contributed by atoms with van der Waals surface area (Å²) in [5, 5.41) is 5.32. The molecule has 0 atom stereocenters. The van der Waals surface area contributed by atoms with E-state index in [4.69, 9.17) is 9.47 Å². The second-order valence-corrected chi connectivity index (χ2v) is 7.83. The van der Waals surface area contributed by atoms with Crippen LogP contribution in [0.4, 0.5) is 5.13 Å². The monoisotopic (exact) mass is 436 g/mol. The lowest BCUT2D eigenvalue weighted by atomic mass is 10.2. The highest BCUT2D eigenvalue weighted by molar-refractivity contribution is 7.14. The Hall–Kier alpha value is -3.12. The number of para-hydroxylation sites is 1. The Balaban J connectivity index is 1.58. The minimum atomic E-state index is -0.231. The summed E-state index contributed by atoms with van der Waals surface area (Å²) in [5.74, 6) is 1.40. The Morgan fingerprint density at radius 3 is 2.61 bits per heavy atom. The number of amides is 1.